The van der Waals surface area contributed by atoms with Gasteiger partial charge >= 0.3 is 5.97 Å². The summed E-state index contributed by atoms with van der Waals surface area (Å²) in [6.07, 6.45) is 6.95. The second kappa shape index (κ2) is 4.09. The Balaban J connectivity index is 1.74. The third-order valence-electron chi connectivity index (χ3n) is 2.69. The number of hydrogen-bond acceptors (Lipinski definition) is 3. The van der Waals surface area contributed by atoms with Crippen LogP contribution in [0.5, 0.6) is 0 Å². The van der Waals surface area contributed by atoms with Crippen molar-refractivity contribution in [3.8, 4) is 0 Å². The average molecular weight is 183 g/mol. The molecule has 0 aromatic carbocycles. The minimum atomic E-state index is 0.00176. The van der Waals surface area contributed by atoms with E-state index in [0.29, 0.717) is 0 Å². The van der Waals surface area contributed by atoms with E-state index in [1.54, 1.807) is 0 Å². The zero-order chi connectivity index (χ0) is 9.10. The van der Waals surface area contributed by atoms with Gasteiger partial charge in [0.2, 0.25) is 0 Å². The van der Waals surface area contributed by atoms with Crippen LogP contribution < -0.4 is 0 Å². The molecule has 2 rings (SSSR count). The highest BCUT2D eigenvalue weighted by molar-refractivity contribution is 5.74. The zero-order valence-electron chi connectivity index (χ0n) is 8.00. The molecule has 3 nitrogen and oxygen atoms in total. The molecule has 0 N–H and O–H groups in total. The van der Waals surface area contributed by atoms with Crippen LogP contribution in [0.15, 0.2) is 0 Å². The predicted molar refractivity (Wildman–Crippen MR) is 48.9 cm³/mol. The summed E-state index contributed by atoms with van der Waals surface area (Å²) in [7, 11) is 0. The number of carbonyl (C=O) groups excluding carboxylic acids is 1. The Morgan fingerprint density at radius 2 is 1.69 bits per heavy atom. The smallest absolute Gasteiger partial charge is 0.328 e. The van der Waals surface area contributed by atoms with Crippen LogP contribution in [0.4, 0.5) is 0 Å². The molecule has 13 heavy (non-hydrogen) atoms. The molecule has 1 aliphatic heterocycles. The SMILES string of the molecule is O=C(ON1CCCCCC1)C1CC1. The predicted octanol–water partition coefficient (Wildman–Crippen LogP) is 1.73. The summed E-state index contributed by atoms with van der Waals surface area (Å²) in [4.78, 5) is 16.6. The molecule has 1 aliphatic carbocycles. The first-order valence-corrected chi connectivity index (χ1v) is 5.33. The van der Waals surface area contributed by atoms with Gasteiger partial charge in [0.15, 0.2) is 0 Å². The van der Waals surface area contributed by atoms with E-state index in [4.69, 9.17) is 4.84 Å². The topological polar surface area (TPSA) is 29.5 Å². The fourth-order valence-corrected chi connectivity index (χ4v) is 1.65. The lowest BCUT2D eigenvalue weighted by molar-refractivity contribution is -0.191. The van der Waals surface area contributed by atoms with Crippen molar-refractivity contribution in [3.05, 3.63) is 0 Å². The van der Waals surface area contributed by atoms with Crippen molar-refractivity contribution in [3.63, 3.8) is 0 Å². The van der Waals surface area contributed by atoms with Crippen LogP contribution in [-0.4, -0.2) is 24.1 Å². The third kappa shape index (κ3) is 2.69. The van der Waals surface area contributed by atoms with Crippen LogP contribution in [-0.2, 0) is 9.63 Å². The maximum atomic E-state index is 11.3. The molecule has 0 unspecified atom stereocenters. The Kier molecular flexibility index (Phi) is 2.83. The summed E-state index contributed by atoms with van der Waals surface area (Å²) in [5.41, 5.74) is 0. The van der Waals surface area contributed by atoms with Crippen molar-refractivity contribution in [2.75, 3.05) is 13.1 Å². The summed E-state index contributed by atoms with van der Waals surface area (Å²) in [6, 6.07) is 0. The van der Waals surface area contributed by atoms with Gasteiger partial charge in [-0.2, -0.15) is 0 Å². The molecule has 1 saturated heterocycles. The molecule has 3 heteroatoms. The van der Waals surface area contributed by atoms with E-state index >= 15 is 0 Å². The van der Waals surface area contributed by atoms with Crippen LogP contribution in [0.2, 0.25) is 0 Å². The Morgan fingerprint density at radius 1 is 1.08 bits per heavy atom. The molecule has 0 amide bonds. The lowest BCUT2D eigenvalue weighted by Crippen LogP contribution is -2.28. The maximum Gasteiger partial charge on any atom is 0.328 e. The highest BCUT2D eigenvalue weighted by atomic mass is 16.7. The number of hydrogen-bond donors (Lipinski definition) is 0. The van der Waals surface area contributed by atoms with Crippen LogP contribution in [0, 0.1) is 5.92 Å². The van der Waals surface area contributed by atoms with Crippen molar-refractivity contribution >= 4 is 5.97 Å². The quantitative estimate of drug-likeness (QED) is 0.653. The van der Waals surface area contributed by atoms with Gasteiger partial charge in [0, 0.05) is 13.1 Å². The summed E-state index contributed by atoms with van der Waals surface area (Å²) >= 11 is 0. The first-order chi connectivity index (χ1) is 6.36. The lowest BCUT2D eigenvalue weighted by Gasteiger charge is -2.18. The van der Waals surface area contributed by atoms with Gasteiger partial charge in [-0.3, -0.25) is 4.79 Å². The molecule has 0 bridgehead atoms. The van der Waals surface area contributed by atoms with Crippen molar-refractivity contribution < 1.29 is 9.63 Å². The second-order valence-electron chi connectivity index (χ2n) is 4.03. The molecular weight excluding hydrogens is 166 g/mol. The van der Waals surface area contributed by atoms with Crippen molar-refractivity contribution in [2.45, 2.75) is 38.5 Å². The van der Waals surface area contributed by atoms with Crippen molar-refractivity contribution in [1.82, 2.24) is 5.06 Å². The maximum absolute atomic E-state index is 11.3. The van der Waals surface area contributed by atoms with Crippen LogP contribution >= 0.6 is 0 Å². The van der Waals surface area contributed by atoms with E-state index in [9.17, 15) is 4.79 Å². The highest BCUT2D eigenvalue weighted by Crippen LogP contribution is 2.30. The zero-order valence-corrected chi connectivity index (χ0v) is 8.00. The van der Waals surface area contributed by atoms with E-state index < -0.39 is 0 Å². The molecule has 0 radical (unpaired) electrons. The first-order valence-electron chi connectivity index (χ1n) is 5.33. The molecule has 2 fully saturated rings. The molecule has 0 aromatic rings. The first kappa shape index (κ1) is 9.00. The Labute approximate surface area is 79.0 Å². The molecule has 2 aliphatic rings. The lowest BCUT2D eigenvalue weighted by atomic mass is 10.2. The van der Waals surface area contributed by atoms with E-state index in [1.165, 1.54) is 12.8 Å². The molecule has 74 valence electrons. The molecular formula is C10H17NO2. The normalized spacial score (nSPS) is 25.2. The number of hydroxylamine groups is 2. The van der Waals surface area contributed by atoms with Crippen LogP contribution in [0.1, 0.15) is 38.5 Å². The minimum Gasteiger partial charge on any atom is -0.368 e. The van der Waals surface area contributed by atoms with Gasteiger partial charge < -0.3 is 4.84 Å². The van der Waals surface area contributed by atoms with Crippen molar-refractivity contribution in [2.24, 2.45) is 5.92 Å². The van der Waals surface area contributed by atoms with Crippen LogP contribution in [0.3, 0.4) is 0 Å². The van der Waals surface area contributed by atoms with Gasteiger partial charge in [0.25, 0.3) is 0 Å². The Morgan fingerprint density at radius 3 is 2.23 bits per heavy atom. The van der Waals surface area contributed by atoms with E-state index in [2.05, 4.69) is 0 Å². The summed E-state index contributed by atoms with van der Waals surface area (Å²) in [5, 5.41) is 1.85. The van der Waals surface area contributed by atoms with Gasteiger partial charge in [0.05, 0.1) is 5.92 Å². The fraction of sp³-hybridized carbons (Fsp3) is 0.900. The number of nitrogens with zero attached hydrogens (tertiary/aromatic N) is 1. The fourth-order valence-electron chi connectivity index (χ4n) is 1.65. The van der Waals surface area contributed by atoms with E-state index in [-0.39, 0.29) is 11.9 Å². The molecule has 1 heterocycles. The summed E-state index contributed by atoms with van der Waals surface area (Å²) in [5.74, 6) is 0.227. The Hall–Kier alpha value is -0.570. The number of carbonyl (C=O) groups is 1. The monoisotopic (exact) mass is 183 g/mol. The standard InChI is InChI=1S/C10H17NO2/c12-10(9-5-6-9)13-11-7-3-1-2-4-8-11/h9H,1-8H2. The van der Waals surface area contributed by atoms with E-state index in [0.717, 1.165) is 38.8 Å². The molecule has 0 spiro atoms. The molecule has 0 aromatic heterocycles. The molecule has 1 saturated carbocycles. The largest absolute Gasteiger partial charge is 0.368 e. The minimum absolute atomic E-state index is 0.00176. The van der Waals surface area contributed by atoms with Gasteiger partial charge in [-0.05, 0) is 25.7 Å². The van der Waals surface area contributed by atoms with Gasteiger partial charge in [-0.15, -0.1) is 5.06 Å². The van der Waals surface area contributed by atoms with Gasteiger partial charge in [-0.25, -0.2) is 0 Å². The van der Waals surface area contributed by atoms with Gasteiger partial charge in [0.1, 0.15) is 0 Å². The summed E-state index contributed by atoms with van der Waals surface area (Å²) in [6.45, 7) is 1.86. The Bertz CT molecular complexity index is 181. The highest BCUT2D eigenvalue weighted by Gasteiger charge is 2.32. The average Bonchev–Trinajstić information content (AvgIpc) is 2.92. The second-order valence-corrected chi connectivity index (χ2v) is 4.03. The van der Waals surface area contributed by atoms with Crippen molar-refractivity contribution in [1.29, 1.82) is 0 Å². The van der Waals surface area contributed by atoms with Crippen LogP contribution in [0.25, 0.3) is 0 Å². The van der Waals surface area contributed by atoms with E-state index in [1.807, 2.05) is 5.06 Å². The number of rotatable bonds is 2. The summed E-state index contributed by atoms with van der Waals surface area (Å²) < 4.78 is 0. The third-order valence-corrected chi connectivity index (χ3v) is 2.69. The molecule has 0 atom stereocenters. The van der Waals surface area contributed by atoms with Gasteiger partial charge in [-0.1, -0.05) is 12.8 Å².